The fourth-order valence-corrected chi connectivity index (χ4v) is 2.72. The van der Waals surface area contributed by atoms with Crippen LogP contribution in [0.15, 0.2) is 24.3 Å². The van der Waals surface area contributed by atoms with Crippen molar-refractivity contribution in [2.24, 2.45) is 0 Å². The van der Waals surface area contributed by atoms with Gasteiger partial charge in [-0.2, -0.15) is 0 Å². The highest BCUT2D eigenvalue weighted by Gasteiger charge is 2.17. The quantitative estimate of drug-likeness (QED) is 0.911. The number of carboxylic acid groups (broad SMARTS) is 1. The molecule has 0 radical (unpaired) electrons. The molecule has 0 aliphatic rings. The van der Waals surface area contributed by atoms with E-state index in [0.717, 1.165) is 28.2 Å². The molecule has 0 atom stereocenters. The van der Waals surface area contributed by atoms with Crippen LogP contribution in [0.2, 0.25) is 0 Å². The summed E-state index contributed by atoms with van der Waals surface area (Å²) in [6.45, 7) is 7.47. The standard InChI is InChI=1S/C17H20N2O3/c1-10-5-11(2)7-14(6-10)19-12(3)8-15(13(19)4)17(22)18-9-16(20)21/h5-8H,9H2,1-4H3,(H,18,22)(H,20,21). The molecule has 5 nitrogen and oxygen atoms in total. The maximum absolute atomic E-state index is 12.1. The van der Waals surface area contributed by atoms with Crippen molar-refractivity contribution >= 4 is 11.9 Å². The number of benzene rings is 1. The number of aromatic nitrogens is 1. The van der Waals surface area contributed by atoms with Crippen LogP contribution in [0, 0.1) is 27.7 Å². The monoisotopic (exact) mass is 300 g/mol. The van der Waals surface area contributed by atoms with Crippen molar-refractivity contribution in [3.63, 3.8) is 0 Å². The molecule has 1 aromatic heterocycles. The van der Waals surface area contributed by atoms with Gasteiger partial charge in [0.15, 0.2) is 0 Å². The van der Waals surface area contributed by atoms with Crippen molar-refractivity contribution in [2.75, 3.05) is 6.54 Å². The van der Waals surface area contributed by atoms with Gasteiger partial charge in [0.05, 0.1) is 5.56 Å². The van der Waals surface area contributed by atoms with E-state index in [1.807, 2.05) is 32.3 Å². The van der Waals surface area contributed by atoms with E-state index in [2.05, 4.69) is 23.5 Å². The van der Waals surface area contributed by atoms with Gasteiger partial charge in [-0.05, 0) is 57.0 Å². The van der Waals surface area contributed by atoms with Crippen LogP contribution >= 0.6 is 0 Å². The van der Waals surface area contributed by atoms with Crippen LogP contribution in [0.25, 0.3) is 5.69 Å². The van der Waals surface area contributed by atoms with Crippen LogP contribution in [-0.2, 0) is 4.79 Å². The highest BCUT2D eigenvalue weighted by atomic mass is 16.4. The predicted octanol–water partition coefficient (Wildman–Crippen LogP) is 2.53. The summed E-state index contributed by atoms with van der Waals surface area (Å²) in [6.07, 6.45) is 0. The minimum absolute atomic E-state index is 0.369. The lowest BCUT2D eigenvalue weighted by molar-refractivity contribution is -0.135. The van der Waals surface area contributed by atoms with Gasteiger partial charge in [0, 0.05) is 17.1 Å². The Bertz CT molecular complexity index is 724. The van der Waals surface area contributed by atoms with Crippen LogP contribution in [0.5, 0.6) is 0 Å². The Morgan fingerprint density at radius 2 is 1.64 bits per heavy atom. The first-order valence-corrected chi connectivity index (χ1v) is 7.07. The Balaban J connectivity index is 2.42. The Labute approximate surface area is 129 Å². The summed E-state index contributed by atoms with van der Waals surface area (Å²) in [6, 6.07) is 8.00. The number of nitrogens with zero attached hydrogens (tertiary/aromatic N) is 1. The summed E-state index contributed by atoms with van der Waals surface area (Å²) in [5.74, 6) is -1.43. The molecule has 1 heterocycles. The fourth-order valence-electron chi connectivity index (χ4n) is 2.72. The zero-order valence-corrected chi connectivity index (χ0v) is 13.2. The lowest BCUT2D eigenvalue weighted by atomic mass is 10.1. The largest absolute Gasteiger partial charge is 0.480 e. The van der Waals surface area contributed by atoms with E-state index < -0.39 is 5.97 Å². The van der Waals surface area contributed by atoms with Crippen LogP contribution in [-0.4, -0.2) is 28.1 Å². The Morgan fingerprint density at radius 1 is 1.05 bits per heavy atom. The molecular formula is C17H20N2O3. The zero-order valence-electron chi connectivity index (χ0n) is 13.2. The number of amides is 1. The molecule has 0 saturated carbocycles. The third-order valence-electron chi connectivity index (χ3n) is 3.54. The third kappa shape index (κ3) is 3.19. The lowest BCUT2D eigenvalue weighted by Crippen LogP contribution is -2.29. The van der Waals surface area contributed by atoms with Crippen molar-refractivity contribution in [3.05, 3.63) is 52.3 Å². The average Bonchev–Trinajstić information content (AvgIpc) is 2.70. The van der Waals surface area contributed by atoms with Gasteiger partial charge in [0.2, 0.25) is 0 Å². The molecule has 0 aliphatic carbocycles. The molecule has 2 aromatic rings. The summed E-state index contributed by atoms with van der Waals surface area (Å²) >= 11 is 0. The number of nitrogens with one attached hydrogen (secondary N) is 1. The van der Waals surface area contributed by atoms with E-state index in [-0.39, 0.29) is 12.5 Å². The van der Waals surface area contributed by atoms with Gasteiger partial charge in [-0.3, -0.25) is 9.59 Å². The number of hydrogen-bond donors (Lipinski definition) is 2. The van der Waals surface area contributed by atoms with Crippen molar-refractivity contribution < 1.29 is 14.7 Å². The van der Waals surface area contributed by atoms with E-state index in [1.165, 1.54) is 0 Å². The third-order valence-corrected chi connectivity index (χ3v) is 3.54. The molecule has 116 valence electrons. The average molecular weight is 300 g/mol. The summed E-state index contributed by atoms with van der Waals surface area (Å²) in [5, 5.41) is 11.1. The number of rotatable bonds is 4. The van der Waals surface area contributed by atoms with Gasteiger partial charge in [-0.25, -0.2) is 0 Å². The van der Waals surface area contributed by atoms with Gasteiger partial charge in [0.25, 0.3) is 5.91 Å². The zero-order chi connectivity index (χ0) is 16.4. The van der Waals surface area contributed by atoms with E-state index in [1.54, 1.807) is 6.07 Å². The summed E-state index contributed by atoms with van der Waals surface area (Å²) < 4.78 is 2.01. The first kappa shape index (κ1) is 15.8. The number of carbonyl (C=O) groups excluding carboxylic acids is 1. The summed E-state index contributed by atoms with van der Waals surface area (Å²) in [5.41, 5.74) is 5.54. The van der Waals surface area contributed by atoms with Gasteiger partial charge < -0.3 is 15.0 Å². The fraction of sp³-hybridized carbons (Fsp3) is 0.294. The Morgan fingerprint density at radius 3 is 2.18 bits per heavy atom. The normalized spacial score (nSPS) is 10.5. The topological polar surface area (TPSA) is 71.3 Å². The van der Waals surface area contributed by atoms with Crippen LogP contribution in [0.4, 0.5) is 0 Å². The van der Waals surface area contributed by atoms with Crippen molar-refractivity contribution in [1.29, 1.82) is 0 Å². The van der Waals surface area contributed by atoms with Crippen molar-refractivity contribution in [1.82, 2.24) is 9.88 Å². The molecule has 2 N–H and O–H groups in total. The summed E-state index contributed by atoms with van der Waals surface area (Å²) in [4.78, 5) is 22.7. The van der Waals surface area contributed by atoms with Gasteiger partial charge in [0.1, 0.15) is 6.54 Å². The second kappa shape index (κ2) is 6.05. The predicted molar refractivity (Wildman–Crippen MR) is 84.7 cm³/mol. The molecule has 0 spiro atoms. The second-order valence-corrected chi connectivity index (χ2v) is 5.54. The number of carbonyl (C=O) groups is 2. The maximum atomic E-state index is 12.1. The molecular weight excluding hydrogens is 280 g/mol. The summed E-state index contributed by atoms with van der Waals surface area (Å²) in [7, 11) is 0. The van der Waals surface area contributed by atoms with Gasteiger partial charge in [-0.1, -0.05) is 6.07 Å². The van der Waals surface area contributed by atoms with E-state index in [9.17, 15) is 9.59 Å². The number of aliphatic carboxylic acids is 1. The number of aryl methyl sites for hydroxylation is 3. The SMILES string of the molecule is Cc1cc(C)cc(-n2c(C)cc(C(=O)NCC(=O)O)c2C)c1. The van der Waals surface area contributed by atoms with Crippen molar-refractivity contribution in [2.45, 2.75) is 27.7 Å². The molecule has 22 heavy (non-hydrogen) atoms. The van der Waals surface area contributed by atoms with Crippen LogP contribution in [0.1, 0.15) is 32.9 Å². The van der Waals surface area contributed by atoms with E-state index >= 15 is 0 Å². The maximum Gasteiger partial charge on any atom is 0.322 e. The Kier molecular flexibility index (Phi) is 4.35. The number of hydrogen-bond acceptors (Lipinski definition) is 2. The molecule has 0 unspecified atom stereocenters. The van der Waals surface area contributed by atoms with Crippen LogP contribution in [0.3, 0.4) is 0 Å². The van der Waals surface area contributed by atoms with Crippen molar-refractivity contribution in [3.8, 4) is 5.69 Å². The highest BCUT2D eigenvalue weighted by molar-refractivity contribution is 5.97. The highest BCUT2D eigenvalue weighted by Crippen LogP contribution is 2.22. The molecule has 1 amide bonds. The van der Waals surface area contributed by atoms with E-state index in [0.29, 0.717) is 5.56 Å². The van der Waals surface area contributed by atoms with Crippen LogP contribution < -0.4 is 5.32 Å². The van der Waals surface area contributed by atoms with Gasteiger partial charge in [-0.15, -0.1) is 0 Å². The molecule has 0 aliphatic heterocycles. The molecule has 0 bridgehead atoms. The minimum Gasteiger partial charge on any atom is -0.480 e. The number of carboxylic acids is 1. The molecule has 5 heteroatoms. The minimum atomic E-state index is -1.06. The second-order valence-electron chi connectivity index (χ2n) is 5.54. The first-order valence-electron chi connectivity index (χ1n) is 7.07. The van der Waals surface area contributed by atoms with Gasteiger partial charge >= 0.3 is 5.97 Å². The Hall–Kier alpha value is -2.56. The lowest BCUT2D eigenvalue weighted by Gasteiger charge is -2.12. The molecule has 1 aromatic carbocycles. The smallest absolute Gasteiger partial charge is 0.322 e. The molecule has 0 fully saturated rings. The molecule has 2 rings (SSSR count). The van der Waals surface area contributed by atoms with E-state index in [4.69, 9.17) is 5.11 Å². The molecule has 0 saturated heterocycles. The first-order chi connectivity index (χ1) is 10.3.